The minimum Gasteiger partial charge on any atom is -0.354 e. The van der Waals surface area contributed by atoms with Gasteiger partial charge in [0.1, 0.15) is 12.6 Å². The molecule has 1 N–H and O–H groups in total. The van der Waals surface area contributed by atoms with Crippen LogP contribution >= 0.6 is 11.6 Å². The van der Waals surface area contributed by atoms with Crippen LogP contribution in [-0.4, -0.2) is 44.3 Å². The Labute approximate surface area is 243 Å². The van der Waals surface area contributed by atoms with Gasteiger partial charge in [-0.05, 0) is 69.0 Å². The topological polar surface area (TPSA) is 86.8 Å². The summed E-state index contributed by atoms with van der Waals surface area (Å²) in [7, 11) is -4.15. The number of nitrogens with one attached hydrogen (secondary N) is 1. The maximum Gasteiger partial charge on any atom is 0.264 e. The van der Waals surface area contributed by atoms with Crippen LogP contribution in [0.3, 0.4) is 0 Å². The number of aryl methyl sites for hydroxylation is 3. The molecule has 3 rings (SSSR count). The van der Waals surface area contributed by atoms with Gasteiger partial charge in [-0.2, -0.15) is 0 Å². The van der Waals surface area contributed by atoms with E-state index in [0.29, 0.717) is 11.6 Å². The fourth-order valence-electron chi connectivity index (χ4n) is 4.03. The summed E-state index contributed by atoms with van der Waals surface area (Å²) in [5.74, 6) is -0.584. The first-order valence-corrected chi connectivity index (χ1v) is 15.1. The summed E-state index contributed by atoms with van der Waals surface area (Å²) in [6.45, 7) is 11.4. The van der Waals surface area contributed by atoms with Crippen molar-refractivity contribution in [2.45, 2.75) is 59.0 Å². The molecule has 1 unspecified atom stereocenters. The average Bonchev–Trinajstić information content (AvgIpc) is 2.91. The lowest BCUT2D eigenvalue weighted by Gasteiger charge is -2.32. The van der Waals surface area contributed by atoms with Gasteiger partial charge in [0.2, 0.25) is 11.8 Å². The molecule has 0 spiro atoms. The van der Waals surface area contributed by atoms with E-state index < -0.39 is 28.5 Å². The van der Waals surface area contributed by atoms with Crippen molar-refractivity contribution in [1.82, 2.24) is 10.2 Å². The first-order chi connectivity index (χ1) is 18.8. The number of rotatable bonds is 11. The number of halogens is 1. The van der Waals surface area contributed by atoms with E-state index in [0.717, 1.165) is 26.6 Å². The van der Waals surface area contributed by atoms with Crippen molar-refractivity contribution in [2.75, 3.05) is 17.4 Å². The molecule has 0 saturated carbocycles. The lowest BCUT2D eigenvalue weighted by molar-refractivity contribution is -0.139. The fourth-order valence-corrected chi connectivity index (χ4v) is 5.61. The van der Waals surface area contributed by atoms with Gasteiger partial charge in [0.15, 0.2) is 0 Å². The summed E-state index contributed by atoms with van der Waals surface area (Å²) in [6.07, 6.45) is 0. The summed E-state index contributed by atoms with van der Waals surface area (Å²) in [4.78, 5) is 28.5. The van der Waals surface area contributed by atoms with Gasteiger partial charge < -0.3 is 10.2 Å². The number of benzene rings is 3. The van der Waals surface area contributed by atoms with Crippen molar-refractivity contribution < 1.29 is 18.0 Å². The van der Waals surface area contributed by atoms with Crippen molar-refractivity contribution >= 4 is 39.1 Å². The molecule has 40 heavy (non-hydrogen) atoms. The summed E-state index contributed by atoms with van der Waals surface area (Å²) in [5.41, 5.74) is 3.84. The molecular formula is C31H38ClN3O4S. The van der Waals surface area contributed by atoms with Crippen LogP contribution in [0.4, 0.5) is 5.69 Å². The van der Waals surface area contributed by atoms with E-state index in [4.69, 9.17) is 11.6 Å². The van der Waals surface area contributed by atoms with Gasteiger partial charge in [0.25, 0.3) is 10.0 Å². The number of hydrogen-bond acceptors (Lipinski definition) is 4. The smallest absolute Gasteiger partial charge is 0.264 e. The number of hydrogen-bond donors (Lipinski definition) is 1. The van der Waals surface area contributed by atoms with Crippen LogP contribution in [0.2, 0.25) is 5.02 Å². The Kier molecular flexibility index (Phi) is 10.4. The number of nitrogens with zero attached hydrogens (tertiary/aromatic N) is 2. The van der Waals surface area contributed by atoms with Gasteiger partial charge in [-0.25, -0.2) is 8.42 Å². The van der Waals surface area contributed by atoms with Crippen molar-refractivity contribution in [3.63, 3.8) is 0 Å². The van der Waals surface area contributed by atoms with E-state index in [1.165, 1.54) is 17.0 Å². The molecule has 0 saturated heterocycles. The van der Waals surface area contributed by atoms with E-state index in [1.807, 2.05) is 58.9 Å². The van der Waals surface area contributed by atoms with Gasteiger partial charge in [0.05, 0.1) is 10.6 Å². The third-order valence-corrected chi connectivity index (χ3v) is 8.85. The van der Waals surface area contributed by atoms with E-state index in [2.05, 4.69) is 5.32 Å². The standard InChI is InChI=1S/C31H38ClN3O4S/c1-21(2)18-33-31(37)25(6)34(19-26-12-7-22(3)8-13-26)30(36)20-35(27-14-11-24(5)29(32)17-27)40(38,39)28-15-9-23(4)10-16-28/h7-17,21,25H,18-20H2,1-6H3,(H,33,37). The number of carbonyl (C=O) groups is 2. The summed E-state index contributed by atoms with van der Waals surface area (Å²) >= 11 is 6.38. The highest BCUT2D eigenvalue weighted by Gasteiger charge is 2.32. The minimum atomic E-state index is -4.15. The molecule has 7 nitrogen and oxygen atoms in total. The third kappa shape index (κ3) is 7.86. The maximum atomic E-state index is 14.0. The molecule has 0 fully saturated rings. The second kappa shape index (κ2) is 13.3. The third-order valence-electron chi connectivity index (χ3n) is 6.66. The molecule has 0 bridgehead atoms. The van der Waals surface area contributed by atoms with Gasteiger partial charge in [-0.3, -0.25) is 13.9 Å². The van der Waals surface area contributed by atoms with Crippen molar-refractivity contribution in [3.8, 4) is 0 Å². The molecule has 0 aliphatic carbocycles. The largest absolute Gasteiger partial charge is 0.354 e. The SMILES string of the molecule is Cc1ccc(CN(C(=O)CN(c2ccc(C)c(Cl)c2)S(=O)(=O)c2ccc(C)cc2)C(C)C(=O)NCC(C)C)cc1. The Morgan fingerprint density at radius 2 is 1.45 bits per heavy atom. The highest BCUT2D eigenvalue weighted by atomic mass is 35.5. The zero-order valence-electron chi connectivity index (χ0n) is 23.9. The first-order valence-electron chi connectivity index (χ1n) is 13.3. The molecular weight excluding hydrogens is 546 g/mol. The van der Waals surface area contributed by atoms with Crippen LogP contribution in [0.5, 0.6) is 0 Å². The molecule has 0 aliphatic rings. The zero-order valence-corrected chi connectivity index (χ0v) is 25.5. The molecule has 9 heteroatoms. The van der Waals surface area contributed by atoms with E-state index in [-0.39, 0.29) is 29.0 Å². The quantitative estimate of drug-likeness (QED) is 0.316. The summed E-state index contributed by atoms with van der Waals surface area (Å²) in [6, 6.07) is 18.2. The fraction of sp³-hybridized carbons (Fsp3) is 0.355. The normalized spacial score (nSPS) is 12.2. The molecule has 3 aromatic rings. The zero-order chi connectivity index (χ0) is 29.6. The van der Waals surface area contributed by atoms with Crippen LogP contribution < -0.4 is 9.62 Å². The van der Waals surface area contributed by atoms with E-state index in [1.54, 1.807) is 37.3 Å². The van der Waals surface area contributed by atoms with Crippen LogP contribution in [0.1, 0.15) is 43.0 Å². The Bertz CT molecular complexity index is 1440. The minimum absolute atomic E-state index is 0.0513. The molecule has 214 valence electrons. The molecule has 3 aromatic carbocycles. The predicted octanol–water partition coefficient (Wildman–Crippen LogP) is 5.65. The highest BCUT2D eigenvalue weighted by molar-refractivity contribution is 7.92. The van der Waals surface area contributed by atoms with E-state index in [9.17, 15) is 18.0 Å². The van der Waals surface area contributed by atoms with Gasteiger partial charge in [-0.15, -0.1) is 0 Å². The summed E-state index contributed by atoms with van der Waals surface area (Å²) < 4.78 is 28.9. The number of sulfonamides is 1. The van der Waals surface area contributed by atoms with Gasteiger partial charge in [0, 0.05) is 18.1 Å². The summed E-state index contributed by atoms with van der Waals surface area (Å²) in [5, 5.41) is 3.27. The Hall–Kier alpha value is -3.36. The Balaban J connectivity index is 2.03. The number of carbonyl (C=O) groups excluding carboxylic acids is 2. The number of anilines is 1. The monoisotopic (exact) mass is 583 g/mol. The van der Waals surface area contributed by atoms with Gasteiger partial charge in [-0.1, -0.05) is 79.0 Å². The lowest BCUT2D eigenvalue weighted by atomic mass is 10.1. The van der Waals surface area contributed by atoms with E-state index >= 15 is 0 Å². The van der Waals surface area contributed by atoms with Crippen molar-refractivity contribution in [3.05, 3.63) is 94.0 Å². The van der Waals surface area contributed by atoms with Crippen molar-refractivity contribution in [1.29, 1.82) is 0 Å². The van der Waals surface area contributed by atoms with Crippen LogP contribution in [0.15, 0.2) is 71.6 Å². The predicted molar refractivity (Wildman–Crippen MR) is 161 cm³/mol. The number of amides is 2. The highest BCUT2D eigenvalue weighted by Crippen LogP contribution is 2.29. The van der Waals surface area contributed by atoms with Crippen LogP contribution in [-0.2, 0) is 26.2 Å². The molecule has 1 atom stereocenters. The molecule has 0 aromatic heterocycles. The Morgan fingerprint density at radius 1 is 0.875 bits per heavy atom. The van der Waals surface area contributed by atoms with Crippen LogP contribution in [0, 0.1) is 26.7 Å². The molecule has 0 heterocycles. The lowest BCUT2D eigenvalue weighted by Crippen LogP contribution is -2.51. The second-order valence-corrected chi connectivity index (χ2v) is 12.8. The maximum absolute atomic E-state index is 14.0. The van der Waals surface area contributed by atoms with Crippen molar-refractivity contribution in [2.24, 2.45) is 5.92 Å². The first kappa shape index (κ1) is 31.2. The molecule has 0 aliphatic heterocycles. The van der Waals surface area contributed by atoms with Crippen LogP contribution in [0.25, 0.3) is 0 Å². The second-order valence-electron chi connectivity index (χ2n) is 10.6. The average molecular weight is 584 g/mol. The van der Waals surface area contributed by atoms with Gasteiger partial charge >= 0.3 is 0 Å². The Morgan fingerprint density at radius 3 is 2.00 bits per heavy atom. The molecule has 0 radical (unpaired) electrons. The molecule has 2 amide bonds.